The third-order valence-electron chi connectivity index (χ3n) is 3.10. The van der Waals surface area contributed by atoms with Gasteiger partial charge in [0.2, 0.25) is 0 Å². The van der Waals surface area contributed by atoms with Crippen molar-refractivity contribution in [3.05, 3.63) is 56.7 Å². The van der Waals surface area contributed by atoms with E-state index >= 15 is 0 Å². The molecule has 0 bridgehead atoms. The van der Waals surface area contributed by atoms with Gasteiger partial charge in [0.1, 0.15) is 17.4 Å². The number of imidazole rings is 1. The summed E-state index contributed by atoms with van der Waals surface area (Å²) in [6, 6.07) is 6.47. The molecule has 0 amide bonds. The molecular formula is C13H8Cl2F2N4O. The van der Waals surface area contributed by atoms with Crippen molar-refractivity contribution in [2.45, 2.75) is 13.1 Å². The fraction of sp³-hybridized carbons (Fsp3) is 0.154. The Balaban J connectivity index is 2.14. The Morgan fingerprint density at radius 2 is 1.95 bits per heavy atom. The van der Waals surface area contributed by atoms with E-state index in [2.05, 4.69) is 10.1 Å². The van der Waals surface area contributed by atoms with Gasteiger partial charge in [-0.1, -0.05) is 35.3 Å². The van der Waals surface area contributed by atoms with Crippen molar-refractivity contribution in [3.63, 3.8) is 0 Å². The number of benzene rings is 1. The van der Waals surface area contributed by atoms with Crippen LogP contribution in [0.5, 0.6) is 0 Å². The zero-order chi connectivity index (χ0) is 15.9. The summed E-state index contributed by atoms with van der Waals surface area (Å²) in [5.41, 5.74) is 0.0218. The quantitative estimate of drug-likeness (QED) is 0.732. The van der Waals surface area contributed by atoms with E-state index in [1.165, 1.54) is 12.3 Å². The van der Waals surface area contributed by atoms with Crippen LogP contribution >= 0.6 is 23.2 Å². The van der Waals surface area contributed by atoms with E-state index in [1.807, 2.05) is 0 Å². The molecule has 0 N–H and O–H groups in total. The van der Waals surface area contributed by atoms with Crippen molar-refractivity contribution in [2.24, 2.45) is 0 Å². The maximum Gasteiger partial charge on any atom is 0.320 e. The first-order valence-electron chi connectivity index (χ1n) is 6.14. The molecule has 5 nitrogen and oxygen atoms in total. The molecule has 3 aromatic rings. The first kappa shape index (κ1) is 14.9. The molecule has 0 radical (unpaired) electrons. The van der Waals surface area contributed by atoms with E-state index in [0.717, 1.165) is 9.25 Å². The Bertz CT molecular complexity index is 907. The summed E-state index contributed by atoms with van der Waals surface area (Å²) in [6.45, 7) is -3.03. The molecule has 114 valence electrons. The van der Waals surface area contributed by atoms with Crippen molar-refractivity contribution in [1.29, 1.82) is 0 Å². The maximum atomic E-state index is 13.3. The Morgan fingerprint density at radius 3 is 2.68 bits per heavy atom. The second-order valence-electron chi connectivity index (χ2n) is 4.43. The number of alkyl halides is 2. The Hall–Kier alpha value is -1.99. The molecule has 2 heterocycles. The lowest BCUT2D eigenvalue weighted by Crippen LogP contribution is -2.25. The number of rotatable bonds is 3. The van der Waals surface area contributed by atoms with Crippen molar-refractivity contribution in [3.8, 4) is 0 Å². The zero-order valence-electron chi connectivity index (χ0n) is 10.9. The van der Waals surface area contributed by atoms with Crippen LogP contribution in [0.15, 0.2) is 35.3 Å². The Morgan fingerprint density at radius 1 is 1.23 bits per heavy atom. The van der Waals surface area contributed by atoms with Crippen molar-refractivity contribution >= 4 is 34.2 Å². The highest BCUT2D eigenvalue weighted by molar-refractivity contribution is 6.41. The summed E-state index contributed by atoms with van der Waals surface area (Å²) in [5, 5.41) is 3.59. The molecule has 0 saturated carbocycles. The molecule has 0 fully saturated rings. The fourth-order valence-corrected chi connectivity index (χ4v) is 2.39. The molecular weight excluding hydrogens is 337 g/mol. The van der Waals surface area contributed by atoms with Gasteiger partial charge in [-0.05, 0) is 12.1 Å². The van der Waals surface area contributed by atoms with Gasteiger partial charge < -0.3 is 0 Å². The molecule has 9 heteroatoms. The van der Waals surface area contributed by atoms with Gasteiger partial charge in [0.15, 0.2) is 0 Å². The minimum atomic E-state index is -2.79. The fourth-order valence-electron chi connectivity index (χ4n) is 2.12. The van der Waals surface area contributed by atoms with Crippen LogP contribution in [0.4, 0.5) is 8.78 Å². The number of halogens is 4. The van der Waals surface area contributed by atoms with Crippen molar-refractivity contribution in [1.82, 2.24) is 19.3 Å². The van der Waals surface area contributed by atoms with E-state index in [9.17, 15) is 13.6 Å². The average Bonchev–Trinajstić information content (AvgIpc) is 2.86. The molecule has 0 aliphatic heterocycles. The lowest BCUT2D eigenvalue weighted by Gasteiger charge is -2.09. The first-order chi connectivity index (χ1) is 10.5. The van der Waals surface area contributed by atoms with Crippen molar-refractivity contribution in [2.75, 3.05) is 0 Å². The summed E-state index contributed by atoms with van der Waals surface area (Å²) in [4.78, 5) is 16.1. The number of nitrogens with zero attached hydrogens (tertiary/aromatic N) is 4. The van der Waals surface area contributed by atoms with Crippen LogP contribution < -0.4 is 5.56 Å². The van der Waals surface area contributed by atoms with E-state index in [4.69, 9.17) is 23.2 Å². The third kappa shape index (κ3) is 2.46. The molecule has 0 aliphatic rings. The number of para-hydroxylation sites is 2. The minimum absolute atomic E-state index is 0.00388. The number of hydrogen-bond donors (Lipinski definition) is 0. The highest BCUT2D eigenvalue weighted by atomic mass is 35.5. The lowest BCUT2D eigenvalue weighted by atomic mass is 10.3. The molecule has 22 heavy (non-hydrogen) atoms. The largest absolute Gasteiger partial charge is 0.320 e. The highest BCUT2D eigenvalue weighted by Crippen LogP contribution is 2.23. The first-order valence-corrected chi connectivity index (χ1v) is 6.89. The van der Waals surface area contributed by atoms with Crippen LogP contribution in [0.3, 0.4) is 0 Å². The Kier molecular flexibility index (Phi) is 3.84. The predicted octanol–water partition coefficient (Wildman–Crippen LogP) is 3.34. The molecule has 3 rings (SSSR count). The van der Waals surface area contributed by atoms with E-state index < -0.39 is 12.1 Å². The second kappa shape index (κ2) is 5.66. The van der Waals surface area contributed by atoms with Crippen LogP contribution in [-0.2, 0) is 6.54 Å². The monoisotopic (exact) mass is 344 g/mol. The van der Waals surface area contributed by atoms with Crippen LogP contribution in [0.1, 0.15) is 12.4 Å². The van der Waals surface area contributed by atoms with Crippen LogP contribution in [0.2, 0.25) is 10.0 Å². The molecule has 0 aliphatic carbocycles. The summed E-state index contributed by atoms with van der Waals surface area (Å²) in [5.74, 6) is 0.00388. The van der Waals surface area contributed by atoms with Gasteiger partial charge in [-0.15, -0.1) is 0 Å². The average molecular weight is 345 g/mol. The van der Waals surface area contributed by atoms with E-state index in [-0.39, 0.29) is 27.9 Å². The number of aromatic nitrogens is 4. The van der Waals surface area contributed by atoms with Gasteiger partial charge in [0, 0.05) is 0 Å². The lowest BCUT2D eigenvalue weighted by molar-refractivity contribution is 0.0710. The normalized spacial score (nSPS) is 11.5. The minimum Gasteiger partial charge on any atom is -0.269 e. The summed E-state index contributed by atoms with van der Waals surface area (Å²) in [7, 11) is 0. The van der Waals surface area contributed by atoms with Gasteiger partial charge in [-0.2, -0.15) is 13.9 Å². The van der Waals surface area contributed by atoms with Gasteiger partial charge in [0.25, 0.3) is 5.56 Å². The van der Waals surface area contributed by atoms with E-state index in [1.54, 1.807) is 18.2 Å². The molecule has 0 atom stereocenters. The summed E-state index contributed by atoms with van der Waals surface area (Å²) < 4.78 is 28.3. The van der Waals surface area contributed by atoms with Gasteiger partial charge in [0.05, 0.1) is 22.3 Å². The van der Waals surface area contributed by atoms with Crippen LogP contribution in [-0.4, -0.2) is 19.3 Å². The smallest absolute Gasteiger partial charge is 0.269 e. The molecule has 0 saturated heterocycles. The second-order valence-corrected chi connectivity index (χ2v) is 5.22. The molecule has 0 unspecified atom stereocenters. The molecule has 2 aromatic heterocycles. The predicted molar refractivity (Wildman–Crippen MR) is 78.6 cm³/mol. The van der Waals surface area contributed by atoms with Gasteiger partial charge in [-0.3, -0.25) is 9.36 Å². The zero-order valence-corrected chi connectivity index (χ0v) is 12.4. The molecule has 1 aromatic carbocycles. The van der Waals surface area contributed by atoms with Gasteiger partial charge in [-0.25, -0.2) is 9.67 Å². The summed E-state index contributed by atoms with van der Waals surface area (Å²) >= 11 is 11.4. The van der Waals surface area contributed by atoms with E-state index in [0.29, 0.717) is 5.52 Å². The van der Waals surface area contributed by atoms with Gasteiger partial charge >= 0.3 is 6.55 Å². The SMILES string of the molecule is O=c1c(Cl)c(Cl)cnn1Cc1nc2ccccc2n1C(F)F. The summed E-state index contributed by atoms with van der Waals surface area (Å²) in [6.07, 6.45) is 1.18. The number of hydrogen-bond acceptors (Lipinski definition) is 3. The van der Waals surface area contributed by atoms with Crippen LogP contribution in [0, 0.1) is 0 Å². The standard InChI is InChI=1S/C13H8Cl2F2N4O/c14-7-5-18-20(12(22)11(7)15)6-10-19-8-3-1-2-4-9(8)21(10)13(16)17/h1-5,13H,6H2. The Labute approximate surface area is 132 Å². The van der Waals surface area contributed by atoms with Crippen LogP contribution in [0.25, 0.3) is 11.0 Å². The number of fused-ring (bicyclic) bond motifs is 1. The third-order valence-corrected chi connectivity index (χ3v) is 3.85. The van der Waals surface area contributed by atoms with Crippen molar-refractivity contribution < 1.29 is 8.78 Å². The highest BCUT2D eigenvalue weighted by Gasteiger charge is 2.19. The topological polar surface area (TPSA) is 52.7 Å². The molecule has 0 spiro atoms. The maximum absolute atomic E-state index is 13.3.